The summed E-state index contributed by atoms with van der Waals surface area (Å²) in [5.41, 5.74) is 3.01. The number of aryl methyl sites for hydroxylation is 1. The molecule has 0 atom stereocenters. The number of nitrogens with one attached hydrogen (secondary N) is 1. The van der Waals surface area contributed by atoms with Crippen molar-refractivity contribution >= 4 is 11.6 Å². The lowest BCUT2D eigenvalue weighted by Crippen LogP contribution is -2.35. The molecule has 1 heterocycles. The van der Waals surface area contributed by atoms with Crippen LogP contribution >= 0.6 is 11.6 Å². The van der Waals surface area contributed by atoms with Gasteiger partial charge in [-0.2, -0.15) is 0 Å². The summed E-state index contributed by atoms with van der Waals surface area (Å²) < 4.78 is 5.52. The Morgan fingerprint density at radius 2 is 2.00 bits per heavy atom. The fraction of sp³-hybridized carbons (Fsp3) is 0.400. The van der Waals surface area contributed by atoms with Crippen LogP contribution in [-0.2, 0) is 6.54 Å². The van der Waals surface area contributed by atoms with Crippen molar-refractivity contribution in [1.29, 1.82) is 0 Å². The Labute approximate surface area is 119 Å². The van der Waals surface area contributed by atoms with Crippen LogP contribution in [0.4, 0.5) is 0 Å². The molecule has 0 spiro atoms. The van der Waals surface area contributed by atoms with Crippen LogP contribution in [0.3, 0.4) is 0 Å². The van der Waals surface area contributed by atoms with E-state index >= 15 is 0 Å². The van der Waals surface area contributed by atoms with Crippen molar-refractivity contribution in [3.8, 4) is 11.3 Å². The van der Waals surface area contributed by atoms with E-state index in [0.29, 0.717) is 11.6 Å². The van der Waals surface area contributed by atoms with E-state index < -0.39 is 0 Å². The highest BCUT2D eigenvalue weighted by Crippen LogP contribution is 2.27. The van der Waals surface area contributed by atoms with Gasteiger partial charge in [0.1, 0.15) is 5.69 Å². The Balaban J connectivity index is 2.28. The van der Waals surface area contributed by atoms with E-state index in [1.807, 2.05) is 25.1 Å². The largest absolute Gasteiger partial charge is 0.443 e. The van der Waals surface area contributed by atoms with Gasteiger partial charge in [-0.15, -0.1) is 0 Å². The molecule has 0 aliphatic heterocycles. The summed E-state index contributed by atoms with van der Waals surface area (Å²) in [6.45, 7) is 9.04. The van der Waals surface area contributed by atoms with Crippen molar-refractivity contribution in [2.24, 2.45) is 0 Å². The van der Waals surface area contributed by atoms with Gasteiger partial charge < -0.3 is 9.73 Å². The minimum absolute atomic E-state index is 0.0421. The number of aromatic nitrogens is 1. The van der Waals surface area contributed by atoms with Crippen LogP contribution in [-0.4, -0.2) is 10.5 Å². The predicted molar refractivity (Wildman–Crippen MR) is 78.3 cm³/mol. The summed E-state index contributed by atoms with van der Waals surface area (Å²) in [6, 6.07) is 5.87. The number of hydrogen-bond donors (Lipinski definition) is 1. The molecule has 0 amide bonds. The molecule has 3 nitrogen and oxygen atoms in total. The van der Waals surface area contributed by atoms with Crippen LogP contribution in [0.25, 0.3) is 11.3 Å². The number of nitrogens with zero attached hydrogens (tertiary/aromatic N) is 1. The predicted octanol–water partition coefficient (Wildman–Crippen LogP) is 4.19. The standard InChI is InChI=1S/C15H19ClN2O/c1-10-5-11(7-12(16)6-10)14-13(17-9-19-14)8-18-15(2,3)4/h5-7,9,18H,8H2,1-4H3. The number of benzene rings is 1. The fourth-order valence-electron chi connectivity index (χ4n) is 1.85. The molecule has 0 fully saturated rings. The van der Waals surface area contributed by atoms with Crippen molar-refractivity contribution < 1.29 is 4.42 Å². The lowest BCUT2D eigenvalue weighted by molar-refractivity contribution is 0.421. The monoisotopic (exact) mass is 278 g/mol. The van der Waals surface area contributed by atoms with Gasteiger partial charge in [-0.3, -0.25) is 0 Å². The van der Waals surface area contributed by atoms with Gasteiger partial charge in [0, 0.05) is 22.7 Å². The van der Waals surface area contributed by atoms with Gasteiger partial charge in [0.05, 0.1) is 0 Å². The molecule has 0 saturated carbocycles. The van der Waals surface area contributed by atoms with E-state index in [0.717, 1.165) is 22.6 Å². The Bertz CT molecular complexity index is 550. The molecule has 0 saturated heterocycles. The maximum Gasteiger partial charge on any atom is 0.181 e. The molecule has 102 valence electrons. The van der Waals surface area contributed by atoms with Gasteiger partial charge >= 0.3 is 0 Å². The van der Waals surface area contributed by atoms with Gasteiger partial charge in [0.15, 0.2) is 12.2 Å². The lowest BCUT2D eigenvalue weighted by Gasteiger charge is -2.19. The Morgan fingerprint density at radius 1 is 1.26 bits per heavy atom. The van der Waals surface area contributed by atoms with E-state index in [4.69, 9.17) is 16.0 Å². The summed E-state index contributed by atoms with van der Waals surface area (Å²) >= 11 is 6.09. The first-order valence-corrected chi connectivity index (χ1v) is 6.68. The highest BCUT2D eigenvalue weighted by atomic mass is 35.5. The molecule has 1 aromatic carbocycles. The first kappa shape index (κ1) is 14.1. The average molecular weight is 279 g/mol. The quantitative estimate of drug-likeness (QED) is 0.915. The fourth-order valence-corrected chi connectivity index (χ4v) is 2.14. The maximum atomic E-state index is 6.09. The summed E-state index contributed by atoms with van der Waals surface area (Å²) in [6.07, 6.45) is 1.48. The summed E-state index contributed by atoms with van der Waals surface area (Å²) in [5, 5.41) is 4.12. The molecule has 1 aromatic heterocycles. The Hall–Kier alpha value is -1.32. The molecule has 4 heteroatoms. The van der Waals surface area contributed by atoms with Crippen molar-refractivity contribution in [2.45, 2.75) is 39.8 Å². The summed E-state index contributed by atoms with van der Waals surface area (Å²) in [4.78, 5) is 4.28. The second-order valence-corrected chi connectivity index (χ2v) is 6.19. The normalized spacial score (nSPS) is 11.8. The van der Waals surface area contributed by atoms with E-state index in [1.54, 1.807) is 0 Å². The molecule has 0 bridgehead atoms. The minimum atomic E-state index is 0.0421. The topological polar surface area (TPSA) is 38.1 Å². The van der Waals surface area contributed by atoms with Gasteiger partial charge in [-0.1, -0.05) is 11.6 Å². The summed E-state index contributed by atoms with van der Waals surface area (Å²) in [5.74, 6) is 0.780. The Kier molecular flexibility index (Phi) is 3.97. The molecule has 2 aromatic rings. The third-order valence-electron chi connectivity index (χ3n) is 2.73. The summed E-state index contributed by atoms with van der Waals surface area (Å²) in [7, 11) is 0. The zero-order chi connectivity index (χ0) is 14.0. The first-order chi connectivity index (χ1) is 8.85. The third-order valence-corrected chi connectivity index (χ3v) is 2.95. The number of hydrogen-bond acceptors (Lipinski definition) is 3. The maximum absolute atomic E-state index is 6.09. The SMILES string of the molecule is Cc1cc(Cl)cc(-c2ocnc2CNC(C)(C)C)c1. The Morgan fingerprint density at radius 3 is 2.63 bits per heavy atom. The second kappa shape index (κ2) is 5.35. The molecule has 0 unspecified atom stereocenters. The average Bonchev–Trinajstić information content (AvgIpc) is 2.72. The van der Waals surface area contributed by atoms with Gasteiger partial charge in [0.25, 0.3) is 0 Å². The lowest BCUT2D eigenvalue weighted by atomic mass is 10.1. The smallest absolute Gasteiger partial charge is 0.181 e. The van der Waals surface area contributed by atoms with Crippen molar-refractivity contribution in [2.75, 3.05) is 0 Å². The van der Waals surface area contributed by atoms with E-state index in [-0.39, 0.29) is 5.54 Å². The molecule has 1 N–H and O–H groups in total. The molecule has 0 radical (unpaired) electrons. The van der Waals surface area contributed by atoms with E-state index in [1.165, 1.54) is 6.39 Å². The van der Waals surface area contributed by atoms with Gasteiger partial charge in [-0.05, 0) is 51.5 Å². The zero-order valence-electron chi connectivity index (χ0n) is 11.7. The first-order valence-electron chi connectivity index (χ1n) is 6.30. The van der Waals surface area contributed by atoms with Crippen LogP contribution in [0.1, 0.15) is 32.0 Å². The molecule has 2 rings (SSSR count). The number of oxazole rings is 1. The van der Waals surface area contributed by atoms with Crippen molar-refractivity contribution in [1.82, 2.24) is 10.3 Å². The van der Waals surface area contributed by atoms with Crippen LogP contribution in [0.2, 0.25) is 5.02 Å². The molecule has 19 heavy (non-hydrogen) atoms. The molecule has 0 aliphatic rings. The molecule has 0 aliphatic carbocycles. The molecular formula is C15H19ClN2O. The van der Waals surface area contributed by atoms with Crippen molar-refractivity contribution in [3.05, 3.63) is 40.9 Å². The zero-order valence-corrected chi connectivity index (χ0v) is 12.5. The minimum Gasteiger partial charge on any atom is -0.443 e. The van der Waals surface area contributed by atoms with Crippen molar-refractivity contribution in [3.63, 3.8) is 0 Å². The highest BCUT2D eigenvalue weighted by Gasteiger charge is 2.15. The van der Waals surface area contributed by atoms with Gasteiger partial charge in [0.2, 0.25) is 0 Å². The van der Waals surface area contributed by atoms with Crippen LogP contribution < -0.4 is 5.32 Å². The third kappa shape index (κ3) is 3.82. The number of halogens is 1. The van der Waals surface area contributed by atoms with Crippen LogP contribution in [0, 0.1) is 6.92 Å². The molecular weight excluding hydrogens is 260 g/mol. The van der Waals surface area contributed by atoms with Gasteiger partial charge in [-0.25, -0.2) is 4.98 Å². The number of rotatable bonds is 3. The highest BCUT2D eigenvalue weighted by molar-refractivity contribution is 6.30. The van der Waals surface area contributed by atoms with Crippen LogP contribution in [0.5, 0.6) is 0 Å². The van der Waals surface area contributed by atoms with E-state index in [9.17, 15) is 0 Å². The van der Waals surface area contributed by atoms with E-state index in [2.05, 4.69) is 31.1 Å². The second-order valence-electron chi connectivity index (χ2n) is 5.75. The van der Waals surface area contributed by atoms with Crippen LogP contribution in [0.15, 0.2) is 29.0 Å².